The molecule has 1 aliphatic heterocycles. The Labute approximate surface area is 226 Å². The highest BCUT2D eigenvalue weighted by Crippen LogP contribution is 2.11. The molecule has 0 aromatic rings. The summed E-state index contributed by atoms with van der Waals surface area (Å²) in [4.78, 5) is 70.2. The van der Waals surface area contributed by atoms with Crippen LogP contribution < -0.4 is 0 Å². The summed E-state index contributed by atoms with van der Waals surface area (Å²) in [6.07, 6.45) is -0.775. The number of hydroxylamine groups is 2. The van der Waals surface area contributed by atoms with E-state index in [0.717, 1.165) is 0 Å². The highest BCUT2D eigenvalue weighted by molar-refractivity contribution is 6.01. The molecular weight excluding hydrogens is 526 g/mol. The number of amides is 2. The van der Waals surface area contributed by atoms with Crippen LogP contribution in [0.1, 0.15) is 40.5 Å². The maximum Gasteiger partial charge on any atom is 0.358 e. The van der Waals surface area contributed by atoms with Crippen LogP contribution in [0, 0.1) is 0 Å². The second-order valence-electron chi connectivity index (χ2n) is 8.02. The van der Waals surface area contributed by atoms with Crippen molar-refractivity contribution in [3.05, 3.63) is 0 Å². The molecule has 0 radical (unpaired) electrons. The zero-order chi connectivity index (χ0) is 29.6. The third-order valence-electron chi connectivity index (χ3n) is 4.72. The molecule has 1 heterocycles. The summed E-state index contributed by atoms with van der Waals surface area (Å²) in [5, 5.41) is 8.72. The summed E-state index contributed by atoms with van der Waals surface area (Å²) in [5.41, 5.74) is 0. The number of nitrogens with zero attached hydrogens (tertiary/aromatic N) is 1. The van der Waals surface area contributed by atoms with Crippen LogP contribution in [0.25, 0.3) is 0 Å². The van der Waals surface area contributed by atoms with Gasteiger partial charge in [-0.25, -0.2) is 9.59 Å². The summed E-state index contributed by atoms with van der Waals surface area (Å²) < 4.78 is 30.3. The van der Waals surface area contributed by atoms with Crippen molar-refractivity contribution in [3.8, 4) is 0 Å². The topological polar surface area (TPSA) is 190 Å². The Morgan fingerprint density at radius 3 is 1.49 bits per heavy atom. The fraction of sp³-hybridized carbons (Fsp3) is 0.750. The number of carbonyl (C=O) groups excluding carboxylic acids is 5. The molecule has 0 saturated carbocycles. The van der Waals surface area contributed by atoms with Crippen LogP contribution in [0.5, 0.6) is 0 Å². The minimum Gasteiger partial charge on any atom is -0.480 e. The van der Waals surface area contributed by atoms with Crippen molar-refractivity contribution >= 4 is 35.3 Å². The predicted molar refractivity (Wildman–Crippen MR) is 130 cm³/mol. The van der Waals surface area contributed by atoms with Gasteiger partial charge in [0.05, 0.1) is 52.9 Å². The molecule has 0 unspecified atom stereocenters. The van der Waals surface area contributed by atoms with Crippen molar-refractivity contribution in [2.75, 3.05) is 66.1 Å². The molecule has 0 aromatic heterocycles. The number of aliphatic carboxylic acids is 1. The van der Waals surface area contributed by atoms with E-state index in [1.54, 1.807) is 13.8 Å². The molecule has 1 saturated heterocycles. The lowest BCUT2D eigenvalue weighted by atomic mass is 10.3. The SMILES string of the molecule is CC(=O)[C@H](C)OCCOCCOCC(=O)O.CC(=O)[C@H](C)OCCOCCOCC(=O)ON1C(=O)CCC1=O. The maximum absolute atomic E-state index is 11.4. The first-order valence-corrected chi connectivity index (χ1v) is 12.3. The van der Waals surface area contributed by atoms with Crippen LogP contribution in [-0.4, -0.2) is 124 Å². The number of ether oxygens (including phenoxy) is 6. The lowest BCUT2D eigenvalue weighted by Crippen LogP contribution is -2.33. The average Bonchev–Trinajstić information content (AvgIpc) is 3.18. The normalized spacial score (nSPS) is 14.4. The molecule has 0 aromatic carbocycles. The maximum atomic E-state index is 11.4. The van der Waals surface area contributed by atoms with Crippen LogP contribution >= 0.6 is 0 Å². The van der Waals surface area contributed by atoms with Gasteiger partial charge in [0.25, 0.3) is 11.8 Å². The molecular formula is C24H39NO14. The van der Waals surface area contributed by atoms with Crippen molar-refractivity contribution in [1.82, 2.24) is 5.06 Å². The van der Waals surface area contributed by atoms with E-state index in [1.807, 2.05) is 0 Å². The van der Waals surface area contributed by atoms with Crippen LogP contribution in [-0.2, 0) is 62.0 Å². The van der Waals surface area contributed by atoms with Crippen molar-refractivity contribution in [3.63, 3.8) is 0 Å². The van der Waals surface area contributed by atoms with Crippen molar-refractivity contribution in [2.45, 2.75) is 52.7 Å². The molecule has 1 aliphatic rings. The van der Waals surface area contributed by atoms with Gasteiger partial charge in [-0.15, -0.1) is 5.06 Å². The number of carboxylic acid groups (broad SMARTS) is 1. The standard InChI is InChI=1S/C14H21NO8.C10H18O6/c1-10(16)11(2)22-8-7-20-5-6-21-9-14(19)23-15-12(17)3-4-13(15)18;1-8(11)9(2)16-6-5-14-3-4-15-7-10(12)13/h11H,3-9H2,1-2H3;9H,3-7H2,1-2H3,(H,12,13)/t11-;9-/m00/s1. The summed E-state index contributed by atoms with van der Waals surface area (Å²) in [6.45, 7) is 7.71. The number of ketones is 2. The molecule has 0 bridgehead atoms. The first-order chi connectivity index (χ1) is 18.5. The molecule has 1 N–H and O–H groups in total. The highest BCUT2D eigenvalue weighted by Gasteiger charge is 2.32. The second-order valence-corrected chi connectivity index (χ2v) is 8.02. The molecule has 1 fully saturated rings. The molecule has 15 nitrogen and oxygen atoms in total. The van der Waals surface area contributed by atoms with Crippen molar-refractivity contribution in [1.29, 1.82) is 0 Å². The lowest BCUT2D eigenvalue weighted by Gasteiger charge is -2.12. The minimum absolute atomic E-state index is 0.0233. The zero-order valence-electron chi connectivity index (χ0n) is 22.8. The molecule has 224 valence electrons. The summed E-state index contributed by atoms with van der Waals surface area (Å²) >= 11 is 0. The van der Waals surface area contributed by atoms with E-state index in [-0.39, 0.29) is 57.4 Å². The lowest BCUT2D eigenvalue weighted by molar-refractivity contribution is -0.200. The van der Waals surface area contributed by atoms with Gasteiger partial charge in [-0.2, -0.15) is 0 Å². The number of hydrogen-bond donors (Lipinski definition) is 1. The zero-order valence-corrected chi connectivity index (χ0v) is 22.8. The first kappa shape index (κ1) is 36.2. The fourth-order valence-corrected chi connectivity index (χ4v) is 2.34. The van der Waals surface area contributed by atoms with Crippen LogP contribution in [0.15, 0.2) is 0 Å². The van der Waals surface area contributed by atoms with Gasteiger partial charge < -0.3 is 38.4 Å². The number of hydrogen-bond acceptors (Lipinski definition) is 13. The Balaban J connectivity index is 0.000000794. The van der Waals surface area contributed by atoms with Gasteiger partial charge in [-0.05, 0) is 27.7 Å². The second kappa shape index (κ2) is 22.0. The Morgan fingerprint density at radius 1 is 0.692 bits per heavy atom. The van der Waals surface area contributed by atoms with E-state index in [0.29, 0.717) is 31.5 Å². The fourth-order valence-electron chi connectivity index (χ4n) is 2.34. The van der Waals surface area contributed by atoms with Gasteiger partial charge >= 0.3 is 11.9 Å². The Bertz CT molecular complexity index is 771. The first-order valence-electron chi connectivity index (χ1n) is 12.3. The number of carboxylic acids is 1. The van der Waals surface area contributed by atoms with Crippen molar-refractivity contribution < 1.29 is 67.1 Å². The van der Waals surface area contributed by atoms with E-state index in [9.17, 15) is 28.8 Å². The van der Waals surface area contributed by atoms with Crippen LogP contribution in [0.2, 0.25) is 0 Å². The molecule has 1 rings (SSSR count). The molecule has 0 aliphatic carbocycles. The van der Waals surface area contributed by atoms with E-state index in [1.165, 1.54) is 13.8 Å². The van der Waals surface area contributed by atoms with Crippen LogP contribution in [0.3, 0.4) is 0 Å². The van der Waals surface area contributed by atoms with Gasteiger partial charge in [0, 0.05) is 12.8 Å². The minimum atomic E-state index is -1.00. The van der Waals surface area contributed by atoms with Gasteiger partial charge in [0.1, 0.15) is 25.4 Å². The Hall–Kier alpha value is -2.82. The van der Waals surface area contributed by atoms with Crippen molar-refractivity contribution in [2.24, 2.45) is 0 Å². The molecule has 2 amide bonds. The molecule has 2 atom stereocenters. The summed E-state index contributed by atoms with van der Waals surface area (Å²) in [6, 6.07) is 0. The Morgan fingerprint density at radius 2 is 1.08 bits per heavy atom. The quantitative estimate of drug-likeness (QED) is 0.141. The number of Topliss-reactive ketones (excluding diaryl/α,β-unsaturated/α-hetero) is 2. The smallest absolute Gasteiger partial charge is 0.358 e. The average molecular weight is 566 g/mol. The third-order valence-corrected chi connectivity index (χ3v) is 4.72. The number of carbonyl (C=O) groups is 6. The van der Waals surface area contributed by atoms with Gasteiger partial charge in [-0.3, -0.25) is 19.2 Å². The van der Waals surface area contributed by atoms with Gasteiger partial charge in [0.2, 0.25) is 0 Å². The van der Waals surface area contributed by atoms with Crippen LogP contribution in [0.4, 0.5) is 0 Å². The third kappa shape index (κ3) is 19.8. The molecule has 0 spiro atoms. The largest absolute Gasteiger partial charge is 0.480 e. The molecule has 15 heteroatoms. The summed E-state index contributed by atoms with van der Waals surface area (Å²) in [5.74, 6) is -2.98. The highest BCUT2D eigenvalue weighted by atomic mass is 16.7. The van der Waals surface area contributed by atoms with Gasteiger partial charge in [0.15, 0.2) is 11.6 Å². The van der Waals surface area contributed by atoms with E-state index in [4.69, 9.17) is 33.5 Å². The van der Waals surface area contributed by atoms with Gasteiger partial charge in [-0.1, -0.05) is 0 Å². The monoisotopic (exact) mass is 565 g/mol. The number of rotatable bonds is 21. The van der Waals surface area contributed by atoms with E-state index in [2.05, 4.69) is 4.84 Å². The van der Waals surface area contributed by atoms with E-state index >= 15 is 0 Å². The molecule has 39 heavy (non-hydrogen) atoms. The number of imide groups is 1. The Kier molecular flexibility index (Phi) is 20.4. The van der Waals surface area contributed by atoms with E-state index < -0.39 is 42.6 Å². The summed E-state index contributed by atoms with van der Waals surface area (Å²) in [7, 11) is 0. The predicted octanol–water partition coefficient (Wildman–Crippen LogP) is -0.281.